The van der Waals surface area contributed by atoms with E-state index in [0.29, 0.717) is 12.1 Å². The largest absolute Gasteiger partial charge is 0.396 e. The summed E-state index contributed by atoms with van der Waals surface area (Å²) in [6.07, 6.45) is 3.51. The molecule has 0 fully saturated rings. The van der Waals surface area contributed by atoms with Crippen LogP contribution in [0.4, 0.5) is 5.69 Å². The number of carbonyl (C=O) groups is 1. The zero-order valence-electron chi connectivity index (χ0n) is 12.0. The molecule has 1 amide bonds. The zero-order chi connectivity index (χ0) is 15.2. The van der Waals surface area contributed by atoms with Gasteiger partial charge in [0.05, 0.1) is 0 Å². The van der Waals surface area contributed by atoms with E-state index in [1.54, 1.807) is 0 Å². The van der Waals surface area contributed by atoms with E-state index in [-0.39, 0.29) is 12.5 Å². The highest BCUT2D eigenvalue weighted by Gasteiger charge is 2.12. The van der Waals surface area contributed by atoms with E-state index in [2.05, 4.69) is 28.2 Å². The maximum absolute atomic E-state index is 12.3. The van der Waals surface area contributed by atoms with Gasteiger partial charge in [0.1, 0.15) is 5.69 Å². The minimum Gasteiger partial charge on any atom is -0.396 e. The van der Waals surface area contributed by atoms with Gasteiger partial charge in [0.15, 0.2) is 0 Å². The topological polar surface area (TPSA) is 54.3 Å². The number of aromatic nitrogens is 1. The average molecular weight is 351 g/mol. The molecule has 2 N–H and O–H groups in total. The number of anilines is 1. The van der Waals surface area contributed by atoms with Gasteiger partial charge in [0, 0.05) is 29.5 Å². The van der Waals surface area contributed by atoms with Crippen LogP contribution in [0.2, 0.25) is 0 Å². The molecule has 2 rings (SSSR count). The van der Waals surface area contributed by atoms with Gasteiger partial charge >= 0.3 is 0 Å². The third kappa shape index (κ3) is 4.19. The average Bonchev–Trinajstić information content (AvgIpc) is 2.83. The Labute approximate surface area is 132 Å². The lowest BCUT2D eigenvalue weighted by Crippen LogP contribution is -2.16. The van der Waals surface area contributed by atoms with Crippen LogP contribution < -0.4 is 5.32 Å². The Bertz CT molecular complexity index is 605. The Hall–Kier alpha value is -1.59. The summed E-state index contributed by atoms with van der Waals surface area (Å²) in [6, 6.07) is 9.35. The summed E-state index contributed by atoms with van der Waals surface area (Å²) < 4.78 is 2.85. The monoisotopic (exact) mass is 350 g/mol. The number of carbonyl (C=O) groups excluding carboxylic acids is 1. The van der Waals surface area contributed by atoms with Crippen LogP contribution in [-0.2, 0) is 13.0 Å². The van der Waals surface area contributed by atoms with Crippen molar-refractivity contribution in [2.24, 2.45) is 0 Å². The molecule has 1 aromatic heterocycles. The van der Waals surface area contributed by atoms with E-state index in [4.69, 9.17) is 5.11 Å². The van der Waals surface area contributed by atoms with Crippen molar-refractivity contribution in [3.63, 3.8) is 0 Å². The predicted octanol–water partition coefficient (Wildman–Crippen LogP) is 3.45. The predicted molar refractivity (Wildman–Crippen MR) is 87.6 cm³/mol. The SMILES string of the molecule is CCCn1cc(Br)cc1C(=O)Nc1ccc(CCO)cc1. The molecule has 0 saturated heterocycles. The first-order chi connectivity index (χ1) is 10.1. The Morgan fingerprint density at radius 3 is 2.67 bits per heavy atom. The molecule has 112 valence electrons. The van der Waals surface area contributed by atoms with Crippen LogP contribution in [-0.4, -0.2) is 22.2 Å². The van der Waals surface area contributed by atoms with Crippen LogP contribution >= 0.6 is 15.9 Å². The number of hydrogen-bond donors (Lipinski definition) is 2. The van der Waals surface area contributed by atoms with Gasteiger partial charge < -0.3 is 15.0 Å². The molecule has 0 atom stereocenters. The van der Waals surface area contributed by atoms with Gasteiger partial charge in [-0.3, -0.25) is 4.79 Å². The minimum absolute atomic E-state index is 0.121. The molecule has 0 bridgehead atoms. The number of nitrogens with zero attached hydrogens (tertiary/aromatic N) is 1. The van der Waals surface area contributed by atoms with Crippen LogP contribution in [0.15, 0.2) is 41.0 Å². The van der Waals surface area contributed by atoms with E-state index in [9.17, 15) is 4.79 Å². The fourth-order valence-corrected chi connectivity index (χ4v) is 2.63. The molecule has 0 radical (unpaired) electrons. The normalized spacial score (nSPS) is 10.6. The number of aliphatic hydroxyl groups excluding tert-OH is 1. The van der Waals surface area contributed by atoms with Crippen LogP contribution in [0.25, 0.3) is 0 Å². The molecule has 0 saturated carbocycles. The molecular formula is C16H19BrN2O2. The third-order valence-corrected chi connectivity index (χ3v) is 3.61. The summed E-state index contributed by atoms with van der Waals surface area (Å²) in [6.45, 7) is 3.02. The Morgan fingerprint density at radius 1 is 1.33 bits per heavy atom. The molecule has 1 heterocycles. The van der Waals surface area contributed by atoms with Gasteiger partial charge in [-0.2, -0.15) is 0 Å². The second-order valence-electron chi connectivity index (χ2n) is 4.86. The van der Waals surface area contributed by atoms with Crippen LogP contribution in [0.3, 0.4) is 0 Å². The Balaban J connectivity index is 2.10. The summed E-state index contributed by atoms with van der Waals surface area (Å²) in [5.74, 6) is -0.121. The van der Waals surface area contributed by atoms with Gasteiger partial charge in [-0.25, -0.2) is 0 Å². The van der Waals surface area contributed by atoms with Crippen molar-refractivity contribution in [3.05, 3.63) is 52.3 Å². The third-order valence-electron chi connectivity index (χ3n) is 3.17. The highest BCUT2D eigenvalue weighted by molar-refractivity contribution is 9.10. The first-order valence-corrected chi connectivity index (χ1v) is 7.80. The van der Waals surface area contributed by atoms with Crippen molar-refractivity contribution in [1.29, 1.82) is 0 Å². The smallest absolute Gasteiger partial charge is 0.272 e. The molecule has 2 aromatic rings. The summed E-state index contributed by atoms with van der Waals surface area (Å²) in [4.78, 5) is 12.3. The Kier molecular flexibility index (Phi) is 5.59. The molecule has 0 aliphatic heterocycles. The number of amides is 1. The summed E-state index contributed by atoms with van der Waals surface area (Å²) >= 11 is 3.41. The van der Waals surface area contributed by atoms with Crippen molar-refractivity contribution in [1.82, 2.24) is 4.57 Å². The van der Waals surface area contributed by atoms with Crippen molar-refractivity contribution in [2.45, 2.75) is 26.3 Å². The number of nitrogens with one attached hydrogen (secondary N) is 1. The summed E-state index contributed by atoms with van der Waals surface area (Å²) in [7, 11) is 0. The number of aryl methyl sites for hydroxylation is 1. The van der Waals surface area contributed by atoms with Gasteiger partial charge in [-0.05, 0) is 52.5 Å². The highest BCUT2D eigenvalue weighted by Crippen LogP contribution is 2.18. The molecule has 0 spiro atoms. The second kappa shape index (κ2) is 7.43. The molecule has 0 aliphatic rings. The first kappa shape index (κ1) is 15.8. The van der Waals surface area contributed by atoms with Crippen molar-refractivity contribution >= 4 is 27.5 Å². The second-order valence-corrected chi connectivity index (χ2v) is 5.78. The molecule has 0 aliphatic carbocycles. The number of halogens is 1. The Morgan fingerprint density at radius 2 is 2.05 bits per heavy atom. The summed E-state index contributed by atoms with van der Waals surface area (Å²) in [5, 5.41) is 11.8. The van der Waals surface area contributed by atoms with Crippen molar-refractivity contribution in [3.8, 4) is 0 Å². The van der Waals surface area contributed by atoms with Gasteiger partial charge in [-0.15, -0.1) is 0 Å². The molecule has 1 aromatic carbocycles. The van der Waals surface area contributed by atoms with E-state index >= 15 is 0 Å². The number of benzene rings is 1. The van der Waals surface area contributed by atoms with Crippen molar-refractivity contribution in [2.75, 3.05) is 11.9 Å². The lowest BCUT2D eigenvalue weighted by molar-refractivity contribution is 0.101. The van der Waals surface area contributed by atoms with Gasteiger partial charge in [-0.1, -0.05) is 19.1 Å². The van der Waals surface area contributed by atoms with Gasteiger partial charge in [0.25, 0.3) is 5.91 Å². The lowest BCUT2D eigenvalue weighted by atomic mass is 10.1. The quantitative estimate of drug-likeness (QED) is 0.838. The molecule has 4 nitrogen and oxygen atoms in total. The highest BCUT2D eigenvalue weighted by atomic mass is 79.9. The zero-order valence-corrected chi connectivity index (χ0v) is 13.6. The van der Waals surface area contributed by atoms with Crippen LogP contribution in [0.1, 0.15) is 29.4 Å². The number of rotatable bonds is 6. The molecule has 0 unspecified atom stereocenters. The molecule has 5 heteroatoms. The van der Waals surface area contributed by atoms with Gasteiger partial charge in [0.2, 0.25) is 0 Å². The maximum atomic E-state index is 12.3. The first-order valence-electron chi connectivity index (χ1n) is 7.01. The summed E-state index contributed by atoms with van der Waals surface area (Å²) in [5.41, 5.74) is 2.44. The van der Waals surface area contributed by atoms with Crippen molar-refractivity contribution < 1.29 is 9.90 Å². The number of hydrogen-bond acceptors (Lipinski definition) is 2. The molecule has 21 heavy (non-hydrogen) atoms. The number of aliphatic hydroxyl groups is 1. The maximum Gasteiger partial charge on any atom is 0.272 e. The lowest BCUT2D eigenvalue weighted by Gasteiger charge is -2.09. The minimum atomic E-state index is -0.121. The standard InChI is InChI=1S/C16H19BrN2O2/c1-2-8-19-11-13(17)10-15(19)16(21)18-14-5-3-12(4-6-14)7-9-20/h3-6,10-11,20H,2,7-9H2,1H3,(H,18,21). The van der Waals surface area contributed by atoms with E-state index in [0.717, 1.165) is 28.7 Å². The molecular weight excluding hydrogens is 332 g/mol. The fourth-order valence-electron chi connectivity index (χ4n) is 2.17. The van der Waals surface area contributed by atoms with Crippen LogP contribution in [0.5, 0.6) is 0 Å². The van der Waals surface area contributed by atoms with Crippen LogP contribution in [0, 0.1) is 0 Å². The fraction of sp³-hybridized carbons (Fsp3) is 0.312. The van der Waals surface area contributed by atoms with E-state index in [1.807, 2.05) is 41.1 Å². The van der Waals surface area contributed by atoms with E-state index in [1.165, 1.54) is 0 Å². The van der Waals surface area contributed by atoms with E-state index < -0.39 is 0 Å².